The standard InChI is InChI=1S/C15H27N/c1-15(2,9-16-3)14-12-5-10-4-11(7-12)8-13(14)6-10/h10-14,16H,4-9H2,1-3H3. The molecule has 4 aliphatic rings. The van der Waals surface area contributed by atoms with E-state index in [1.54, 1.807) is 32.1 Å². The van der Waals surface area contributed by atoms with Crippen LogP contribution in [0.1, 0.15) is 46.0 Å². The van der Waals surface area contributed by atoms with Gasteiger partial charge in [0.2, 0.25) is 0 Å². The highest BCUT2D eigenvalue weighted by Crippen LogP contribution is 2.60. The van der Waals surface area contributed by atoms with Crippen molar-refractivity contribution in [1.29, 1.82) is 0 Å². The maximum atomic E-state index is 3.42. The Hall–Kier alpha value is -0.0400. The van der Waals surface area contributed by atoms with Crippen LogP contribution in [0.2, 0.25) is 0 Å². The molecule has 0 saturated heterocycles. The van der Waals surface area contributed by atoms with Crippen LogP contribution >= 0.6 is 0 Å². The van der Waals surface area contributed by atoms with Crippen LogP contribution in [0.4, 0.5) is 0 Å². The molecule has 0 aliphatic heterocycles. The molecule has 1 heteroatoms. The minimum absolute atomic E-state index is 0.511. The van der Waals surface area contributed by atoms with Crippen LogP contribution in [0, 0.1) is 35.0 Å². The number of rotatable bonds is 3. The number of hydrogen-bond acceptors (Lipinski definition) is 1. The van der Waals surface area contributed by atoms with Crippen molar-refractivity contribution in [2.24, 2.45) is 35.0 Å². The van der Waals surface area contributed by atoms with Crippen molar-refractivity contribution in [2.75, 3.05) is 13.6 Å². The first-order valence-corrected chi connectivity index (χ1v) is 7.24. The first-order chi connectivity index (χ1) is 7.60. The Morgan fingerprint density at radius 1 is 0.938 bits per heavy atom. The van der Waals surface area contributed by atoms with Crippen LogP contribution in [-0.2, 0) is 0 Å². The van der Waals surface area contributed by atoms with Gasteiger partial charge in [-0.25, -0.2) is 0 Å². The van der Waals surface area contributed by atoms with Gasteiger partial charge in [0.15, 0.2) is 0 Å². The molecule has 4 rings (SSSR count). The normalized spacial score (nSPS) is 46.3. The van der Waals surface area contributed by atoms with E-state index in [1.807, 2.05) is 0 Å². The lowest BCUT2D eigenvalue weighted by molar-refractivity contribution is -0.0853. The molecule has 16 heavy (non-hydrogen) atoms. The SMILES string of the molecule is CNCC(C)(C)C1C2CC3CC(C2)CC1C3. The largest absolute Gasteiger partial charge is 0.319 e. The molecular formula is C15H27N. The molecule has 4 saturated carbocycles. The summed E-state index contributed by atoms with van der Waals surface area (Å²) >= 11 is 0. The lowest BCUT2D eigenvalue weighted by Crippen LogP contribution is -2.52. The molecule has 92 valence electrons. The molecule has 1 N–H and O–H groups in total. The molecule has 0 aromatic rings. The average Bonchev–Trinajstić information content (AvgIpc) is 2.14. The van der Waals surface area contributed by atoms with Crippen LogP contribution < -0.4 is 5.32 Å². The van der Waals surface area contributed by atoms with Crippen LogP contribution in [0.15, 0.2) is 0 Å². The molecule has 0 heterocycles. The summed E-state index contributed by atoms with van der Waals surface area (Å²) in [6.07, 6.45) is 7.82. The van der Waals surface area contributed by atoms with Crippen molar-refractivity contribution in [1.82, 2.24) is 5.32 Å². The Kier molecular flexibility index (Phi) is 2.58. The minimum Gasteiger partial charge on any atom is -0.319 e. The van der Waals surface area contributed by atoms with Gasteiger partial charge in [0, 0.05) is 6.54 Å². The Morgan fingerprint density at radius 2 is 1.44 bits per heavy atom. The minimum atomic E-state index is 0.511. The Morgan fingerprint density at radius 3 is 1.88 bits per heavy atom. The van der Waals surface area contributed by atoms with E-state index in [9.17, 15) is 0 Å². The van der Waals surface area contributed by atoms with Gasteiger partial charge in [-0.3, -0.25) is 0 Å². The fraction of sp³-hybridized carbons (Fsp3) is 1.00. The van der Waals surface area contributed by atoms with Gasteiger partial charge < -0.3 is 5.32 Å². The summed E-state index contributed by atoms with van der Waals surface area (Å²) in [5.74, 6) is 5.38. The van der Waals surface area contributed by atoms with Crippen molar-refractivity contribution in [3.63, 3.8) is 0 Å². The molecule has 4 fully saturated rings. The smallest absolute Gasteiger partial charge is 0.000237 e. The highest BCUT2D eigenvalue weighted by atomic mass is 14.8. The van der Waals surface area contributed by atoms with E-state index in [0.29, 0.717) is 5.41 Å². The molecular weight excluding hydrogens is 194 g/mol. The zero-order valence-electron chi connectivity index (χ0n) is 11.1. The summed E-state index contributed by atoms with van der Waals surface area (Å²) in [6.45, 7) is 6.19. The average molecular weight is 221 g/mol. The Bertz CT molecular complexity index is 241. The first kappa shape index (κ1) is 11.1. The number of nitrogens with one attached hydrogen (secondary N) is 1. The molecule has 1 nitrogen and oxygen atoms in total. The molecule has 0 unspecified atom stereocenters. The summed E-state index contributed by atoms with van der Waals surface area (Å²) in [7, 11) is 2.11. The second-order valence-corrected chi connectivity index (χ2v) is 7.48. The van der Waals surface area contributed by atoms with E-state index in [0.717, 1.165) is 29.6 Å². The van der Waals surface area contributed by atoms with Gasteiger partial charge in [0.25, 0.3) is 0 Å². The van der Waals surface area contributed by atoms with E-state index in [1.165, 1.54) is 6.54 Å². The van der Waals surface area contributed by atoms with E-state index in [4.69, 9.17) is 0 Å². The van der Waals surface area contributed by atoms with Crippen LogP contribution in [0.25, 0.3) is 0 Å². The van der Waals surface area contributed by atoms with Gasteiger partial charge >= 0.3 is 0 Å². The zero-order chi connectivity index (χ0) is 11.3. The quantitative estimate of drug-likeness (QED) is 0.771. The molecule has 4 bridgehead atoms. The van der Waals surface area contributed by atoms with E-state index in [2.05, 4.69) is 26.2 Å². The Balaban J connectivity index is 1.81. The summed E-state index contributed by atoms with van der Waals surface area (Å²) in [4.78, 5) is 0. The molecule has 0 spiro atoms. The van der Waals surface area contributed by atoms with Gasteiger partial charge in [-0.05, 0) is 74.2 Å². The summed E-state index contributed by atoms with van der Waals surface area (Å²) in [6, 6.07) is 0. The van der Waals surface area contributed by atoms with Crippen molar-refractivity contribution in [3.8, 4) is 0 Å². The zero-order valence-corrected chi connectivity index (χ0v) is 11.1. The maximum absolute atomic E-state index is 3.42. The highest BCUT2D eigenvalue weighted by Gasteiger charge is 2.52. The lowest BCUT2D eigenvalue weighted by Gasteiger charge is -2.58. The van der Waals surface area contributed by atoms with Crippen molar-refractivity contribution in [3.05, 3.63) is 0 Å². The highest BCUT2D eigenvalue weighted by molar-refractivity contribution is 5.02. The third-order valence-electron chi connectivity index (χ3n) is 5.76. The van der Waals surface area contributed by atoms with E-state index < -0.39 is 0 Å². The van der Waals surface area contributed by atoms with Crippen molar-refractivity contribution >= 4 is 0 Å². The molecule has 0 aromatic heterocycles. The molecule has 0 radical (unpaired) electrons. The third kappa shape index (κ3) is 1.63. The summed E-state index contributed by atoms with van der Waals surface area (Å²) < 4.78 is 0. The summed E-state index contributed by atoms with van der Waals surface area (Å²) in [5.41, 5.74) is 0.511. The van der Waals surface area contributed by atoms with Gasteiger partial charge in [-0.1, -0.05) is 13.8 Å². The Labute approximate surface area is 100 Å². The van der Waals surface area contributed by atoms with Gasteiger partial charge in [0.05, 0.1) is 0 Å². The monoisotopic (exact) mass is 221 g/mol. The predicted octanol–water partition coefficient (Wildman–Crippen LogP) is 3.30. The van der Waals surface area contributed by atoms with E-state index >= 15 is 0 Å². The second kappa shape index (κ2) is 3.73. The van der Waals surface area contributed by atoms with Crippen LogP contribution in [0.3, 0.4) is 0 Å². The molecule has 0 amide bonds. The maximum Gasteiger partial charge on any atom is 0.000237 e. The predicted molar refractivity (Wildman–Crippen MR) is 68.2 cm³/mol. The van der Waals surface area contributed by atoms with Gasteiger partial charge in [-0.15, -0.1) is 0 Å². The molecule has 4 aliphatic carbocycles. The van der Waals surface area contributed by atoms with Crippen molar-refractivity contribution < 1.29 is 0 Å². The molecule has 0 aromatic carbocycles. The molecule has 0 atom stereocenters. The fourth-order valence-corrected chi connectivity index (χ4v) is 5.77. The fourth-order valence-electron chi connectivity index (χ4n) is 5.77. The number of hydrogen-bond donors (Lipinski definition) is 1. The lowest BCUT2D eigenvalue weighted by atomic mass is 9.47. The van der Waals surface area contributed by atoms with Gasteiger partial charge in [-0.2, -0.15) is 0 Å². The second-order valence-electron chi connectivity index (χ2n) is 7.48. The third-order valence-corrected chi connectivity index (χ3v) is 5.76. The van der Waals surface area contributed by atoms with Crippen molar-refractivity contribution in [2.45, 2.75) is 46.0 Å². The van der Waals surface area contributed by atoms with Crippen LogP contribution in [-0.4, -0.2) is 13.6 Å². The van der Waals surface area contributed by atoms with Crippen LogP contribution in [0.5, 0.6) is 0 Å². The first-order valence-electron chi connectivity index (χ1n) is 7.24. The topological polar surface area (TPSA) is 12.0 Å². The van der Waals surface area contributed by atoms with E-state index in [-0.39, 0.29) is 0 Å². The summed E-state index contributed by atoms with van der Waals surface area (Å²) in [5, 5.41) is 3.42. The van der Waals surface area contributed by atoms with Gasteiger partial charge in [0.1, 0.15) is 0 Å².